The highest BCUT2D eigenvalue weighted by atomic mass is 19.4. The lowest BCUT2D eigenvalue weighted by Crippen LogP contribution is -2.32. The first-order chi connectivity index (χ1) is 9.16. The van der Waals surface area contributed by atoms with Crippen molar-refractivity contribution in [2.75, 3.05) is 7.11 Å². The van der Waals surface area contributed by atoms with Crippen molar-refractivity contribution in [2.45, 2.75) is 44.5 Å². The van der Waals surface area contributed by atoms with Crippen LogP contribution >= 0.6 is 0 Å². The average Bonchev–Trinajstić information content (AvgIpc) is 2.36. The number of aliphatic hydroxyl groups excluding tert-OH is 1. The van der Waals surface area contributed by atoms with Gasteiger partial charge in [-0.05, 0) is 43.0 Å². The monoisotopic (exact) mass is 291 g/mol. The summed E-state index contributed by atoms with van der Waals surface area (Å²) in [5.74, 6) is 0.0793. The topological polar surface area (TPSA) is 55.5 Å². The van der Waals surface area contributed by atoms with E-state index in [4.69, 9.17) is 10.5 Å². The molecular formula is C14H20F3NO2. The van der Waals surface area contributed by atoms with E-state index in [2.05, 4.69) is 0 Å². The lowest BCUT2D eigenvalue weighted by atomic mass is 9.91. The SMILES string of the molecule is COc1ccc(C(F)(F)F)cc1C(C)CC(O)C(C)N. The number of methoxy groups -OCH3 is 1. The van der Waals surface area contributed by atoms with Crippen molar-refractivity contribution >= 4 is 0 Å². The van der Waals surface area contributed by atoms with Crippen LogP contribution in [-0.2, 0) is 6.18 Å². The van der Waals surface area contributed by atoms with E-state index in [1.165, 1.54) is 13.2 Å². The lowest BCUT2D eigenvalue weighted by Gasteiger charge is -2.22. The second-order valence-electron chi connectivity index (χ2n) is 5.02. The molecular weight excluding hydrogens is 271 g/mol. The number of rotatable bonds is 5. The smallest absolute Gasteiger partial charge is 0.416 e. The number of halogens is 3. The van der Waals surface area contributed by atoms with Gasteiger partial charge in [0.1, 0.15) is 5.75 Å². The molecule has 0 aromatic heterocycles. The Balaban J connectivity index is 3.07. The first-order valence-corrected chi connectivity index (χ1v) is 6.35. The maximum Gasteiger partial charge on any atom is 0.416 e. The number of nitrogens with two attached hydrogens (primary N) is 1. The van der Waals surface area contributed by atoms with Gasteiger partial charge in [0.05, 0.1) is 18.8 Å². The summed E-state index contributed by atoms with van der Waals surface area (Å²) in [5, 5.41) is 9.76. The van der Waals surface area contributed by atoms with Crippen molar-refractivity contribution < 1.29 is 23.0 Å². The fourth-order valence-electron chi connectivity index (χ4n) is 2.00. The van der Waals surface area contributed by atoms with Crippen molar-refractivity contribution in [3.8, 4) is 5.75 Å². The number of aliphatic hydroxyl groups is 1. The molecule has 0 aliphatic heterocycles. The molecule has 3 nitrogen and oxygen atoms in total. The summed E-state index contributed by atoms with van der Waals surface area (Å²) in [7, 11) is 1.40. The Bertz CT molecular complexity index is 447. The third kappa shape index (κ3) is 4.11. The summed E-state index contributed by atoms with van der Waals surface area (Å²) in [6.07, 6.45) is -4.90. The molecule has 6 heteroatoms. The standard InChI is InChI=1S/C14H20F3NO2/c1-8(6-12(19)9(2)18)11-7-10(14(15,16)17)4-5-13(11)20-3/h4-5,7-9,12,19H,6,18H2,1-3H3. The molecule has 0 amide bonds. The van der Waals surface area contributed by atoms with Crippen LogP contribution in [0.25, 0.3) is 0 Å². The van der Waals surface area contributed by atoms with Gasteiger partial charge in [-0.3, -0.25) is 0 Å². The van der Waals surface area contributed by atoms with E-state index in [-0.39, 0.29) is 12.3 Å². The Kier molecular flexibility index (Phi) is 5.42. The minimum absolute atomic E-state index is 0.273. The molecule has 3 atom stereocenters. The highest BCUT2D eigenvalue weighted by Crippen LogP contribution is 2.36. The predicted octanol–water partition coefficient (Wildman–Crippen LogP) is 2.92. The van der Waals surface area contributed by atoms with E-state index < -0.39 is 23.9 Å². The zero-order valence-corrected chi connectivity index (χ0v) is 11.7. The van der Waals surface area contributed by atoms with Crippen LogP contribution in [0.1, 0.15) is 37.3 Å². The number of benzene rings is 1. The summed E-state index contributed by atoms with van der Waals surface area (Å²) >= 11 is 0. The maximum atomic E-state index is 12.7. The number of hydrogen-bond donors (Lipinski definition) is 2. The van der Waals surface area contributed by atoms with Gasteiger partial charge in [-0.1, -0.05) is 6.92 Å². The molecule has 20 heavy (non-hydrogen) atoms. The fourth-order valence-corrected chi connectivity index (χ4v) is 2.00. The van der Waals surface area contributed by atoms with E-state index in [9.17, 15) is 18.3 Å². The number of ether oxygens (including phenoxy) is 1. The van der Waals surface area contributed by atoms with Crippen molar-refractivity contribution in [3.05, 3.63) is 29.3 Å². The number of alkyl halides is 3. The van der Waals surface area contributed by atoms with Crippen molar-refractivity contribution in [2.24, 2.45) is 5.73 Å². The van der Waals surface area contributed by atoms with E-state index in [0.29, 0.717) is 11.3 Å². The summed E-state index contributed by atoms with van der Waals surface area (Å²) in [6.45, 7) is 3.39. The predicted molar refractivity (Wildman–Crippen MR) is 70.7 cm³/mol. The molecule has 3 N–H and O–H groups in total. The van der Waals surface area contributed by atoms with Gasteiger partial charge in [0.2, 0.25) is 0 Å². The third-order valence-electron chi connectivity index (χ3n) is 3.29. The molecule has 114 valence electrons. The van der Waals surface area contributed by atoms with Crippen LogP contribution in [0.2, 0.25) is 0 Å². The third-order valence-corrected chi connectivity index (χ3v) is 3.29. The van der Waals surface area contributed by atoms with Gasteiger partial charge >= 0.3 is 6.18 Å². The Labute approximate surface area is 116 Å². The van der Waals surface area contributed by atoms with Gasteiger partial charge in [-0.2, -0.15) is 13.2 Å². The largest absolute Gasteiger partial charge is 0.496 e. The maximum absolute atomic E-state index is 12.7. The highest BCUT2D eigenvalue weighted by Gasteiger charge is 2.32. The first kappa shape index (κ1) is 16.8. The molecule has 1 aromatic rings. The summed E-state index contributed by atoms with van der Waals surface area (Å²) in [6, 6.07) is 2.91. The van der Waals surface area contributed by atoms with E-state index in [0.717, 1.165) is 12.1 Å². The van der Waals surface area contributed by atoms with E-state index in [1.54, 1.807) is 13.8 Å². The molecule has 1 rings (SSSR count). The van der Waals surface area contributed by atoms with E-state index >= 15 is 0 Å². The molecule has 0 fully saturated rings. The molecule has 0 heterocycles. The zero-order chi connectivity index (χ0) is 15.5. The Morgan fingerprint density at radius 1 is 1.30 bits per heavy atom. The van der Waals surface area contributed by atoms with Crippen LogP contribution in [0.3, 0.4) is 0 Å². The van der Waals surface area contributed by atoms with Gasteiger partial charge in [0.25, 0.3) is 0 Å². The fraction of sp³-hybridized carbons (Fsp3) is 0.571. The quantitative estimate of drug-likeness (QED) is 0.877. The zero-order valence-electron chi connectivity index (χ0n) is 11.7. The van der Waals surface area contributed by atoms with Crippen molar-refractivity contribution in [3.63, 3.8) is 0 Å². The van der Waals surface area contributed by atoms with Gasteiger partial charge in [-0.15, -0.1) is 0 Å². The number of hydrogen-bond acceptors (Lipinski definition) is 3. The summed E-state index contributed by atoms with van der Waals surface area (Å²) in [4.78, 5) is 0. The van der Waals surface area contributed by atoms with Crippen LogP contribution in [0.15, 0.2) is 18.2 Å². The molecule has 0 radical (unpaired) electrons. The Hall–Kier alpha value is -1.27. The minimum atomic E-state index is -4.40. The molecule has 3 unspecified atom stereocenters. The van der Waals surface area contributed by atoms with Crippen LogP contribution in [0.5, 0.6) is 5.75 Å². The van der Waals surface area contributed by atoms with Gasteiger partial charge < -0.3 is 15.6 Å². The van der Waals surface area contributed by atoms with Crippen LogP contribution in [-0.4, -0.2) is 24.4 Å². The second kappa shape index (κ2) is 6.45. The highest BCUT2D eigenvalue weighted by molar-refractivity contribution is 5.40. The molecule has 0 spiro atoms. The average molecular weight is 291 g/mol. The molecule has 0 aliphatic carbocycles. The van der Waals surface area contributed by atoms with Crippen molar-refractivity contribution in [1.82, 2.24) is 0 Å². The van der Waals surface area contributed by atoms with Crippen LogP contribution in [0.4, 0.5) is 13.2 Å². The van der Waals surface area contributed by atoms with Gasteiger partial charge in [-0.25, -0.2) is 0 Å². The molecule has 1 aromatic carbocycles. The van der Waals surface area contributed by atoms with Gasteiger partial charge in [0.15, 0.2) is 0 Å². The van der Waals surface area contributed by atoms with Crippen LogP contribution < -0.4 is 10.5 Å². The second-order valence-corrected chi connectivity index (χ2v) is 5.02. The summed E-state index contributed by atoms with van der Waals surface area (Å²) in [5.41, 5.74) is 5.26. The van der Waals surface area contributed by atoms with Gasteiger partial charge in [0, 0.05) is 6.04 Å². The molecule has 0 saturated carbocycles. The minimum Gasteiger partial charge on any atom is -0.496 e. The van der Waals surface area contributed by atoms with E-state index in [1.807, 2.05) is 0 Å². The Morgan fingerprint density at radius 2 is 1.90 bits per heavy atom. The summed E-state index contributed by atoms with van der Waals surface area (Å²) < 4.78 is 43.3. The molecule has 0 bridgehead atoms. The first-order valence-electron chi connectivity index (χ1n) is 6.35. The molecule has 0 saturated heterocycles. The van der Waals surface area contributed by atoms with Crippen molar-refractivity contribution in [1.29, 1.82) is 0 Å². The normalized spacial score (nSPS) is 16.6. The lowest BCUT2D eigenvalue weighted by molar-refractivity contribution is -0.137. The Morgan fingerprint density at radius 3 is 2.35 bits per heavy atom. The van der Waals surface area contributed by atoms with Crippen LogP contribution in [0, 0.1) is 0 Å². The molecule has 0 aliphatic rings.